The van der Waals surface area contributed by atoms with Crippen molar-refractivity contribution in [1.29, 1.82) is 0 Å². The van der Waals surface area contributed by atoms with Crippen molar-refractivity contribution < 1.29 is 27.5 Å². The summed E-state index contributed by atoms with van der Waals surface area (Å²) in [5.41, 5.74) is 2.16. The van der Waals surface area contributed by atoms with Crippen LogP contribution in [-0.4, -0.2) is 45.5 Å². The van der Waals surface area contributed by atoms with Crippen LogP contribution in [0.4, 0.5) is 4.79 Å². The molecule has 0 radical (unpaired) electrons. The second-order valence-electron chi connectivity index (χ2n) is 6.95. The standard InChI is InChI=1S/C19H27N3O6S/c1-3-13(2)21-19(25)22-17(23)12-28-18(24)11-20-29(26,27)16-9-8-14-6-4-5-7-15(14)10-16/h8-10,13,20H,3-7,11-12H2,1-2H3,(H2,21,22,23,25)/t13-/m1/s1. The van der Waals surface area contributed by atoms with Gasteiger partial charge in [0.2, 0.25) is 10.0 Å². The van der Waals surface area contributed by atoms with Gasteiger partial charge >= 0.3 is 12.0 Å². The number of hydrogen-bond donors (Lipinski definition) is 3. The molecule has 0 saturated carbocycles. The first-order chi connectivity index (χ1) is 13.7. The van der Waals surface area contributed by atoms with Gasteiger partial charge in [0.1, 0.15) is 6.54 Å². The van der Waals surface area contributed by atoms with Gasteiger partial charge in [-0.1, -0.05) is 13.0 Å². The fourth-order valence-corrected chi connectivity index (χ4v) is 3.86. The summed E-state index contributed by atoms with van der Waals surface area (Å²) in [6.45, 7) is 2.34. The Bertz CT molecular complexity index is 869. The maximum atomic E-state index is 12.4. The monoisotopic (exact) mass is 425 g/mol. The van der Waals surface area contributed by atoms with Gasteiger partial charge in [0.05, 0.1) is 4.90 Å². The number of sulfonamides is 1. The summed E-state index contributed by atoms with van der Waals surface area (Å²) in [6.07, 6.45) is 4.58. The van der Waals surface area contributed by atoms with E-state index >= 15 is 0 Å². The molecule has 3 amide bonds. The summed E-state index contributed by atoms with van der Waals surface area (Å²) in [4.78, 5) is 34.9. The molecule has 1 aromatic carbocycles. The normalized spacial score (nSPS) is 14.4. The minimum Gasteiger partial charge on any atom is -0.455 e. The van der Waals surface area contributed by atoms with Crippen molar-refractivity contribution in [2.45, 2.75) is 56.9 Å². The summed E-state index contributed by atoms with van der Waals surface area (Å²) >= 11 is 0. The first kappa shape index (κ1) is 22.8. The van der Waals surface area contributed by atoms with Crippen LogP contribution in [0.25, 0.3) is 0 Å². The zero-order chi connectivity index (χ0) is 21.4. The second-order valence-corrected chi connectivity index (χ2v) is 8.72. The fourth-order valence-electron chi connectivity index (χ4n) is 2.84. The van der Waals surface area contributed by atoms with Crippen LogP contribution < -0.4 is 15.4 Å². The number of hydrogen-bond acceptors (Lipinski definition) is 6. The molecule has 10 heteroatoms. The molecule has 160 valence electrons. The van der Waals surface area contributed by atoms with E-state index < -0.39 is 41.1 Å². The number of esters is 1. The van der Waals surface area contributed by atoms with Gasteiger partial charge < -0.3 is 10.1 Å². The van der Waals surface area contributed by atoms with Crippen molar-refractivity contribution in [3.63, 3.8) is 0 Å². The molecule has 0 aromatic heterocycles. The van der Waals surface area contributed by atoms with Gasteiger partial charge in [-0.3, -0.25) is 14.9 Å². The Morgan fingerprint density at radius 2 is 1.83 bits per heavy atom. The van der Waals surface area contributed by atoms with E-state index in [9.17, 15) is 22.8 Å². The molecule has 0 saturated heterocycles. The van der Waals surface area contributed by atoms with Crippen LogP contribution in [0.1, 0.15) is 44.2 Å². The molecule has 0 aliphatic heterocycles. The Hall–Kier alpha value is -2.46. The number of urea groups is 1. The molecular weight excluding hydrogens is 398 g/mol. The van der Waals surface area contributed by atoms with E-state index in [0.29, 0.717) is 6.42 Å². The Kier molecular flexibility index (Phi) is 8.15. The number of rotatable bonds is 8. The van der Waals surface area contributed by atoms with E-state index in [1.165, 1.54) is 6.07 Å². The summed E-state index contributed by atoms with van der Waals surface area (Å²) in [5.74, 6) is -1.74. The van der Waals surface area contributed by atoms with Crippen molar-refractivity contribution in [3.8, 4) is 0 Å². The fraction of sp³-hybridized carbons (Fsp3) is 0.526. The van der Waals surface area contributed by atoms with Crippen molar-refractivity contribution in [1.82, 2.24) is 15.4 Å². The number of imide groups is 1. The molecule has 1 atom stereocenters. The highest BCUT2D eigenvalue weighted by Gasteiger charge is 2.19. The Morgan fingerprint density at radius 3 is 2.52 bits per heavy atom. The highest BCUT2D eigenvalue weighted by molar-refractivity contribution is 7.89. The minimum atomic E-state index is -3.88. The summed E-state index contributed by atoms with van der Waals surface area (Å²) < 4.78 is 31.6. The van der Waals surface area contributed by atoms with E-state index in [2.05, 4.69) is 10.0 Å². The molecule has 0 fully saturated rings. The van der Waals surface area contributed by atoms with Gasteiger partial charge in [-0.2, -0.15) is 4.72 Å². The number of amides is 3. The van der Waals surface area contributed by atoms with E-state index in [4.69, 9.17) is 4.74 Å². The molecule has 1 aliphatic rings. The maximum absolute atomic E-state index is 12.4. The molecule has 0 spiro atoms. The van der Waals surface area contributed by atoms with Crippen LogP contribution in [0.5, 0.6) is 0 Å². The zero-order valence-corrected chi connectivity index (χ0v) is 17.4. The number of nitrogens with one attached hydrogen (secondary N) is 3. The van der Waals surface area contributed by atoms with E-state index in [1.54, 1.807) is 19.1 Å². The van der Waals surface area contributed by atoms with Gasteiger partial charge in [-0.05, 0) is 62.3 Å². The Morgan fingerprint density at radius 1 is 1.14 bits per heavy atom. The van der Waals surface area contributed by atoms with Gasteiger partial charge in [-0.25, -0.2) is 13.2 Å². The average Bonchev–Trinajstić information content (AvgIpc) is 2.70. The summed E-state index contributed by atoms with van der Waals surface area (Å²) in [6, 6.07) is 4.15. The van der Waals surface area contributed by atoms with Crippen molar-refractivity contribution in [2.75, 3.05) is 13.2 Å². The summed E-state index contributed by atoms with van der Waals surface area (Å²) in [5, 5.41) is 4.55. The van der Waals surface area contributed by atoms with E-state index in [-0.39, 0.29) is 10.9 Å². The minimum absolute atomic E-state index is 0.0883. The predicted octanol–water partition coefficient (Wildman–Crippen LogP) is 1.01. The topological polar surface area (TPSA) is 131 Å². The third-order valence-electron chi connectivity index (χ3n) is 4.64. The zero-order valence-electron chi connectivity index (χ0n) is 16.6. The second kappa shape index (κ2) is 10.4. The van der Waals surface area contributed by atoms with Gasteiger partial charge in [0, 0.05) is 6.04 Å². The first-order valence-corrected chi connectivity index (χ1v) is 11.1. The van der Waals surface area contributed by atoms with Crippen LogP contribution >= 0.6 is 0 Å². The highest BCUT2D eigenvalue weighted by atomic mass is 32.2. The molecular formula is C19H27N3O6S. The molecule has 9 nitrogen and oxygen atoms in total. The molecule has 29 heavy (non-hydrogen) atoms. The van der Waals surface area contributed by atoms with Gasteiger partial charge in [0.15, 0.2) is 6.61 Å². The quantitative estimate of drug-likeness (QED) is 0.533. The van der Waals surface area contributed by atoms with E-state index in [0.717, 1.165) is 36.8 Å². The number of carbonyl (C=O) groups is 3. The van der Waals surface area contributed by atoms with Crippen LogP contribution in [0.15, 0.2) is 23.1 Å². The molecule has 0 unspecified atom stereocenters. The average molecular weight is 426 g/mol. The number of fused-ring (bicyclic) bond motifs is 1. The number of carbonyl (C=O) groups excluding carboxylic acids is 3. The van der Waals surface area contributed by atoms with Crippen molar-refractivity contribution in [2.24, 2.45) is 0 Å². The lowest BCUT2D eigenvalue weighted by Crippen LogP contribution is -2.45. The van der Waals surface area contributed by atoms with Crippen LogP contribution in [0, 0.1) is 0 Å². The third kappa shape index (κ3) is 7.13. The van der Waals surface area contributed by atoms with Gasteiger partial charge in [-0.15, -0.1) is 0 Å². The number of ether oxygens (including phenoxy) is 1. The molecule has 0 heterocycles. The van der Waals surface area contributed by atoms with Gasteiger partial charge in [0.25, 0.3) is 5.91 Å². The largest absolute Gasteiger partial charge is 0.455 e. The van der Waals surface area contributed by atoms with Crippen molar-refractivity contribution in [3.05, 3.63) is 29.3 Å². The number of aryl methyl sites for hydroxylation is 2. The number of benzene rings is 1. The lowest BCUT2D eigenvalue weighted by Gasteiger charge is -2.16. The predicted molar refractivity (Wildman–Crippen MR) is 106 cm³/mol. The highest BCUT2D eigenvalue weighted by Crippen LogP contribution is 2.23. The summed E-state index contributed by atoms with van der Waals surface area (Å²) in [7, 11) is -3.88. The lowest BCUT2D eigenvalue weighted by atomic mass is 9.92. The molecule has 0 bridgehead atoms. The molecule has 3 N–H and O–H groups in total. The molecule has 1 aromatic rings. The van der Waals surface area contributed by atoms with Crippen LogP contribution in [0.2, 0.25) is 0 Å². The first-order valence-electron chi connectivity index (χ1n) is 9.58. The van der Waals surface area contributed by atoms with Crippen LogP contribution in [-0.2, 0) is 37.2 Å². The molecule has 2 rings (SSSR count). The Balaban J connectivity index is 1.79. The smallest absolute Gasteiger partial charge is 0.321 e. The maximum Gasteiger partial charge on any atom is 0.321 e. The molecule has 1 aliphatic carbocycles. The van der Waals surface area contributed by atoms with E-state index in [1.807, 2.05) is 12.2 Å². The lowest BCUT2D eigenvalue weighted by molar-refractivity contribution is -0.147. The Labute approximate surface area is 170 Å². The van der Waals surface area contributed by atoms with Crippen molar-refractivity contribution >= 4 is 27.9 Å². The third-order valence-corrected chi connectivity index (χ3v) is 6.04. The van der Waals surface area contributed by atoms with Crippen LogP contribution in [0.3, 0.4) is 0 Å². The SMILES string of the molecule is CC[C@@H](C)NC(=O)NC(=O)COC(=O)CNS(=O)(=O)c1ccc2c(c1)CCCC2.